The van der Waals surface area contributed by atoms with Crippen LogP contribution in [0.4, 0.5) is 0 Å². The lowest BCUT2D eigenvalue weighted by Gasteiger charge is -2.19. The van der Waals surface area contributed by atoms with Crippen LogP contribution in [-0.2, 0) is 32.1 Å². The minimum Gasteiger partial charge on any atom is -0.256 e. The van der Waals surface area contributed by atoms with Crippen molar-refractivity contribution < 1.29 is 4.11 Å². The summed E-state index contributed by atoms with van der Waals surface area (Å²) in [7, 11) is 0. The van der Waals surface area contributed by atoms with Crippen molar-refractivity contribution in [3.05, 3.63) is 258 Å². The predicted octanol–water partition coefficient (Wildman–Crippen LogP) is 16.9. The van der Waals surface area contributed by atoms with Crippen LogP contribution in [0.1, 0.15) is 63.8 Å². The molecule has 72 heavy (non-hydrogen) atoms. The molecule has 0 amide bonds. The van der Waals surface area contributed by atoms with Gasteiger partial charge in [-0.3, -0.25) is 15.0 Å². The maximum atomic E-state index is 10.2. The number of nitrogens with zero attached hydrogens (tertiary/aromatic N) is 4. The molecule has 350 valence electrons. The number of hydrogen-bond acceptors (Lipinski definition) is 4. The van der Waals surface area contributed by atoms with Crippen LogP contribution in [0.3, 0.4) is 0 Å². The van der Waals surface area contributed by atoms with Crippen molar-refractivity contribution in [1.29, 1.82) is 5.26 Å². The zero-order valence-electron chi connectivity index (χ0n) is 44.1. The van der Waals surface area contributed by atoms with E-state index in [0.29, 0.717) is 11.3 Å². The molecule has 10 rings (SSSR count). The summed E-state index contributed by atoms with van der Waals surface area (Å²) in [5, 5.41) is 10.2. The second-order valence-electron chi connectivity index (χ2n) is 19.9. The number of benzene rings is 7. The normalized spacial score (nSPS) is 12.1. The van der Waals surface area contributed by atoms with Gasteiger partial charge in [0.1, 0.15) is 0 Å². The summed E-state index contributed by atoms with van der Waals surface area (Å²) >= 11 is 0. The standard InChI is InChI=1S/C68H58N4/c1-47-15-36-67(72-46-47)57-34-35-62(64(43-57)54-32-30-53(31-33-54)63-42-52(44-68(2,3)4)24-29-58(63)45-69)61-12-6-5-11-60(61)59-40-50(18-16-48-20-25-55(26-21-48)65-13-7-9-37-70-65)39-51(41-59)19-17-49-22-27-56(28-23-49)66-14-8-10-38-71-66/h5-15,20-43,46H,16-19,44H2,1-4H3/i1D3. The number of nitriles is 1. The van der Waals surface area contributed by atoms with Crippen molar-refractivity contribution in [3.63, 3.8) is 0 Å². The fourth-order valence-electron chi connectivity index (χ4n) is 9.73. The Labute approximate surface area is 429 Å². The third kappa shape index (κ3) is 11.2. The summed E-state index contributed by atoms with van der Waals surface area (Å²) in [6.07, 6.45) is 9.55. The van der Waals surface area contributed by atoms with Crippen LogP contribution in [0.25, 0.3) is 78.3 Å². The number of aryl methyl sites for hydroxylation is 5. The molecule has 0 saturated carbocycles. The Bertz CT molecular complexity index is 3510. The average molecular weight is 934 g/mol. The van der Waals surface area contributed by atoms with E-state index >= 15 is 0 Å². The predicted molar refractivity (Wildman–Crippen MR) is 298 cm³/mol. The molecule has 0 bridgehead atoms. The minimum absolute atomic E-state index is 0.0973. The van der Waals surface area contributed by atoms with Gasteiger partial charge in [0.15, 0.2) is 0 Å². The van der Waals surface area contributed by atoms with Gasteiger partial charge in [-0.05, 0) is 171 Å². The summed E-state index contributed by atoms with van der Waals surface area (Å²) in [4.78, 5) is 13.8. The van der Waals surface area contributed by atoms with Crippen molar-refractivity contribution in [2.24, 2.45) is 5.41 Å². The lowest BCUT2D eigenvalue weighted by Crippen LogP contribution is -2.09. The largest absolute Gasteiger partial charge is 0.256 e. The molecular formula is C68H58N4. The second-order valence-corrected chi connectivity index (χ2v) is 19.9. The SMILES string of the molecule is [2H]C([2H])([2H])c1ccc(-c2ccc(-c3ccccc3-c3cc(CCc4ccc(-c5ccccn5)cc4)cc(CCc4ccc(-c5ccccn5)cc4)c3)c(-c3ccc(-c4cc(CC(C)(C)C)ccc4C#N)cc3)c2)nc1. The number of hydrogen-bond donors (Lipinski definition) is 0. The van der Waals surface area contributed by atoms with Gasteiger partial charge >= 0.3 is 0 Å². The van der Waals surface area contributed by atoms with E-state index in [4.69, 9.17) is 4.11 Å². The number of pyridine rings is 3. The molecule has 0 spiro atoms. The first-order chi connectivity index (χ1) is 36.3. The van der Waals surface area contributed by atoms with E-state index in [0.717, 1.165) is 105 Å². The van der Waals surface area contributed by atoms with Crippen LogP contribution in [0.15, 0.2) is 219 Å². The maximum absolute atomic E-state index is 10.2. The molecule has 4 heteroatoms. The van der Waals surface area contributed by atoms with Crippen LogP contribution in [0.2, 0.25) is 0 Å². The summed E-state index contributed by atoms with van der Waals surface area (Å²) in [6, 6.07) is 72.4. The highest BCUT2D eigenvalue weighted by Crippen LogP contribution is 2.42. The molecule has 7 aromatic carbocycles. The summed E-state index contributed by atoms with van der Waals surface area (Å²) < 4.78 is 23.9. The fraction of sp³-hybridized carbons (Fsp3) is 0.147. The molecule has 0 aliphatic heterocycles. The number of aromatic nitrogens is 3. The van der Waals surface area contributed by atoms with Gasteiger partial charge in [-0.15, -0.1) is 0 Å². The zero-order valence-corrected chi connectivity index (χ0v) is 41.1. The van der Waals surface area contributed by atoms with E-state index in [1.807, 2.05) is 54.9 Å². The van der Waals surface area contributed by atoms with Crippen LogP contribution < -0.4 is 0 Å². The molecule has 0 N–H and O–H groups in total. The molecule has 4 nitrogen and oxygen atoms in total. The summed E-state index contributed by atoms with van der Waals surface area (Å²) in [5.41, 5.74) is 21.3. The molecule has 3 aromatic heterocycles. The molecular weight excluding hydrogens is 873 g/mol. The van der Waals surface area contributed by atoms with Crippen LogP contribution in [-0.4, -0.2) is 15.0 Å². The van der Waals surface area contributed by atoms with Crippen molar-refractivity contribution in [2.75, 3.05) is 0 Å². The highest BCUT2D eigenvalue weighted by Gasteiger charge is 2.18. The van der Waals surface area contributed by atoms with E-state index in [2.05, 4.69) is 187 Å². The van der Waals surface area contributed by atoms with Crippen LogP contribution in [0.5, 0.6) is 0 Å². The molecule has 3 heterocycles. The fourth-order valence-corrected chi connectivity index (χ4v) is 9.73. The third-order valence-electron chi connectivity index (χ3n) is 13.3. The van der Waals surface area contributed by atoms with Crippen LogP contribution >= 0.6 is 0 Å². The molecule has 0 aliphatic rings. The molecule has 0 saturated heterocycles. The highest BCUT2D eigenvalue weighted by atomic mass is 14.7. The van der Waals surface area contributed by atoms with E-state index in [9.17, 15) is 5.26 Å². The van der Waals surface area contributed by atoms with Crippen molar-refractivity contribution in [2.45, 2.75) is 59.7 Å². The molecule has 0 radical (unpaired) electrons. The Morgan fingerprint density at radius 3 is 1.46 bits per heavy atom. The van der Waals surface area contributed by atoms with Gasteiger partial charge in [0.2, 0.25) is 0 Å². The molecule has 0 fully saturated rings. The summed E-state index contributed by atoms with van der Waals surface area (Å²) in [5.74, 6) is 0. The third-order valence-corrected chi connectivity index (χ3v) is 13.3. The lowest BCUT2D eigenvalue weighted by atomic mass is 9.85. The van der Waals surface area contributed by atoms with Crippen molar-refractivity contribution in [3.8, 4) is 84.3 Å². The Morgan fingerprint density at radius 2 is 0.917 bits per heavy atom. The Kier molecular flexibility index (Phi) is 12.8. The number of rotatable bonds is 14. The first kappa shape index (κ1) is 43.5. The second kappa shape index (κ2) is 21.2. The monoisotopic (exact) mass is 933 g/mol. The zero-order chi connectivity index (χ0) is 51.9. The van der Waals surface area contributed by atoms with Crippen LogP contribution in [0, 0.1) is 23.6 Å². The average Bonchev–Trinajstić information content (AvgIpc) is 3.44. The van der Waals surface area contributed by atoms with Gasteiger partial charge in [0.05, 0.1) is 28.7 Å². The van der Waals surface area contributed by atoms with Crippen molar-refractivity contribution in [1.82, 2.24) is 15.0 Å². The molecule has 0 aliphatic carbocycles. The van der Waals surface area contributed by atoms with E-state index in [-0.39, 0.29) is 11.0 Å². The topological polar surface area (TPSA) is 62.5 Å². The summed E-state index contributed by atoms with van der Waals surface area (Å²) in [6.45, 7) is 4.44. The lowest BCUT2D eigenvalue weighted by molar-refractivity contribution is 0.411. The molecule has 0 unspecified atom stereocenters. The Morgan fingerprint density at radius 1 is 0.403 bits per heavy atom. The van der Waals surface area contributed by atoms with E-state index < -0.39 is 6.85 Å². The quantitative estimate of drug-likeness (QED) is 0.109. The smallest absolute Gasteiger partial charge is 0.0998 e. The first-order valence-corrected chi connectivity index (χ1v) is 24.8. The van der Waals surface area contributed by atoms with E-state index in [1.165, 1.54) is 34.0 Å². The maximum Gasteiger partial charge on any atom is 0.0998 e. The first-order valence-electron chi connectivity index (χ1n) is 26.3. The van der Waals surface area contributed by atoms with Crippen molar-refractivity contribution >= 4 is 0 Å². The van der Waals surface area contributed by atoms with Gasteiger partial charge in [-0.2, -0.15) is 5.26 Å². The van der Waals surface area contributed by atoms with Gasteiger partial charge in [-0.25, -0.2) is 0 Å². The Balaban J connectivity index is 1.03. The van der Waals surface area contributed by atoms with Gasteiger partial charge in [0, 0.05) is 39.4 Å². The van der Waals surface area contributed by atoms with Gasteiger partial charge in [-0.1, -0.05) is 172 Å². The molecule has 0 atom stereocenters. The minimum atomic E-state index is -2.25. The van der Waals surface area contributed by atoms with Gasteiger partial charge < -0.3 is 0 Å². The highest BCUT2D eigenvalue weighted by molar-refractivity contribution is 5.94. The van der Waals surface area contributed by atoms with E-state index in [1.54, 1.807) is 12.1 Å². The Hall–Kier alpha value is -8.52. The molecule has 10 aromatic rings. The van der Waals surface area contributed by atoms with Gasteiger partial charge in [0.25, 0.3) is 0 Å².